The second-order valence-corrected chi connectivity index (χ2v) is 5.18. The fraction of sp³-hybridized carbons (Fsp3) is 0.278. The molecule has 0 unspecified atom stereocenters. The highest BCUT2D eigenvalue weighted by Gasteiger charge is 2.19. The molecule has 2 rings (SSSR count). The Hall–Kier alpha value is -2.53. The lowest BCUT2D eigenvalue weighted by atomic mass is 10.1. The molecule has 0 bridgehead atoms. The van der Waals surface area contributed by atoms with E-state index in [1.807, 2.05) is 49.5 Å². The molecule has 2 aromatic rings. The molecule has 0 fully saturated rings. The van der Waals surface area contributed by atoms with Gasteiger partial charge in [0.25, 0.3) is 0 Å². The minimum atomic E-state index is -0.353. The smallest absolute Gasteiger partial charge is 0.339 e. The molecule has 0 aliphatic carbocycles. The van der Waals surface area contributed by atoms with Gasteiger partial charge < -0.3 is 20.7 Å². The molecule has 0 heterocycles. The Morgan fingerprint density at radius 2 is 1.78 bits per heavy atom. The standard InChI is InChI=1S/C18H23N3O2/c1-20-12-7-13-21(17-11-6-4-9-15(17)19)16-10-5-3-8-14(16)18(22)23-2/h3-6,8-11,20H,7,12-13,19H2,1-2H3. The molecule has 0 aliphatic heterocycles. The number of hydrogen-bond acceptors (Lipinski definition) is 5. The number of carbonyl (C=O) groups excluding carboxylic acids is 1. The molecule has 5 nitrogen and oxygen atoms in total. The van der Waals surface area contributed by atoms with Crippen LogP contribution in [0.15, 0.2) is 48.5 Å². The van der Waals surface area contributed by atoms with Gasteiger partial charge in [0.05, 0.1) is 29.7 Å². The summed E-state index contributed by atoms with van der Waals surface area (Å²) in [6, 6.07) is 15.1. The van der Waals surface area contributed by atoms with Crippen molar-refractivity contribution in [3.8, 4) is 0 Å². The maximum absolute atomic E-state index is 12.1. The fourth-order valence-corrected chi connectivity index (χ4v) is 2.51. The van der Waals surface area contributed by atoms with Crippen LogP contribution in [-0.4, -0.2) is 33.2 Å². The van der Waals surface area contributed by atoms with Crippen molar-refractivity contribution >= 4 is 23.0 Å². The molecule has 0 atom stereocenters. The number of rotatable bonds is 7. The van der Waals surface area contributed by atoms with Gasteiger partial charge in [0.2, 0.25) is 0 Å². The molecule has 5 heteroatoms. The maximum atomic E-state index is 12.1. The van der Waals surface area contributed by atoms with E-state index < -0.39 is 0 Å². The van der Waals surface area contributed by atoms with Crippen molar-refractivity contribution in [2.75, 3.05) is 37.9 Å². The number of para-hydroxylation sites is 3. The van der Waals surface area contributed by atoms with Crippen molar-refractivity contribution in [1.29, 1.82) is 0 Å². The zero-order chi connectivity index (χ0) is 16.7. The third-order valence-corrected chi connectivity index (χ3v) is 3.64. The van der Waals surface area contributed by atoms with E-state index in [0.717, 1.165) is 30.9 Å². The lowest BCUT2D eigenvalue weighted by Crippen LogP contribution is -2.24. The number of nitrogens with one attached hydrogen (secondary N) is 1. The lowest BCUT2D eigenvalue weighted by molar-refractivity contribution is 0.0601. The summed E-state index contributed by atoms with van der Waals surface area (Å²) in [5.74, 6) is -0.353. The van der Waals surface area contributed by atoms with Gasteiger partial charge >= 0.3 is 5.97 Å². The summed E-state index contributed by atoms with van der Waals surface area (Å²) >= 11 is 0. The molecule has 0 radical (unpaired) electrons. The minimum Gasteiger partial charge on any atom is -0.465 e. The van der Waals surface area contributed by atoms with Crippen molar-refractivity contribution in [1.82, 2.24) is 5.32 Å². The summed E-state index contributed by atoms with van der Waals surface area (Å²) in [7, 11) is 3.31. The van der Waals surface area contributed by atoms with Gasteiger partial charge in [0.1, 0.15) is 0 Å². The Bertz CT molecular complexity index is 658. The van der Waals surface area contributed by atoms with Crippen LogP contribution in [0.1, 0.15) is 16.8 Å². The Kier molecular flexibility index (Phi) is 6.00. The molecule has 23 heavy (non-hydrogen) atoms. The number of esters is 1. The normalized spacial score (nSPS) is 10.3. The van der Waals surface area contributed by atoms with Gasteiger partial charge in [-0.3, -0.25) is 0 Å². The number of nitrogens with zero attached hydrogens (tertiary/aromatic N) is 1. The Morgan fingerprint density at radius 3 is 2.43 bits per heavy atom. The van der Waals surface area contributed by atoms with E-state index in [0.29, 0.717) is 11.3 Å². The first-order chi connectivity index (χ1) is 11.2. The number of anilines is 3. The van der Waals surface area contributed by atoms with Gasteiger partial charge in [0, 0.05) is 6.54 Å². The number of carbonyl (C=O) groups is 1. The summed E-state index contributed by atoms with van der Waals surface area (Å²) in [4.78, 5) is 14.2. The fourth-order valence-electron chi connectivity index (χ4n) is 2.51. The van der Waals surface area contributed by atoms with Crippen molar-refractivity contribution in [2.45, 2.75) is 6.42 Å². The van der Waals surface area contributed by atoms with Crippen LogP contribution < -0.4 is 16.0 Å². The van der Waals surface area contributed by atoms with Crippen LogP contribution in [0.2, 0.25) is 0 Å². The average Bonchev–Trinajstić information content (AvgIpc) is 2.59. The minimum absolute atomic E-state index is 0.353. The molecular formula is C18H23N3O2. The number of benzene rings is 2. The SMILES string of the molecule is CNCCCN(c1ccccc1N)c1ccccc1C(=O)OC. The summed E-state index contributed by atoms with van der Waals surface area (Å²) in [5, 5.41) is 3.14. The zero-order valence-electron chi connectivity index (χ0n) is 13.6. The predicted octanol–water partition coefficient (Wildman–Crippen LogP) is 2.80. The lowest BCUT2D eigenvalue weighted by Gasteiger charge is -2.28. The van der Waals surface area contributed by atoms with Crippen LogP contribution in [0.5, 0.6) is 0 Å². The van der Waals surface area contributed by atoms with Crippen LogP contribution in [0.25, 0.3) is 0 Å². The summed E-state index contributed by atoms with van der Waals surface area (Å²) < 4.78 is 4.91. The third kappa shape index (κ3) is 4.02. The average molecular weight is 313 g/mol. The largest absolute Gasteiger partial charge is 0.465 e. The summed E-state index contributed by atoms with van der Waals surface area (Å²) in [6.07, 6.45) is 0.917. The number of nitrogens with two attached hydrogens (primary N) is 1. The molecule has 0 spiro atoms. The Labute approximate surface area is 137 Å². The Balaban J connectivity index is 2.46. The van der Waals surface area contributed by atoms with Crippen LogP contribution in [0.4, 0.5) is 17.1 Å². The summed E-state index contributed by atoms with van der Waals surface area (Å²) in [5.41, 5.74) is 9.04. The maximum Gasteiger partial charge on any atom is 0.339 e. The highest BCUT2D eigenvalue weighted by atomic mass is 16.5. The van der Waals surface area contributed by atoms with E-state index in [1.165, 1.54) is 7.11 Å². The molecule has 0 saturated carbocycles. The molecule has 3 N–H and O–H groups in total. The van der Waals surface area contributed by atoms with Crippen molar-refractivity contribution < 1.29 is 9.53 Å². The van der Waals surface area contributed by atoms with Gasteiger partial charge in [-0.1, -0.05) is 24.3 Å². The molecule has 0 saturated heterocycles. The van der Waals surface area contributed by atoms with Gasteiger partial charge in [-0.15, -0.1) is 0 Å². The van der Waals surface area contributed by atoms with Crippen LogP contribution in [0, 0.1) is 0 Å². The Morgan fingerprint density at radius 1 is 1.13 bits per heavy atom. The number of nitrogen functional groups attached to an aromatic ring is 1. The van der Waals surface area contributed by atoms with Crippen LogP contribution in [0.3, 0.4) is 0 Å². The van der Waals surface area contributed by atoms with E-state index >= 15 is 0 Å². The van der Waals surface area contributed by atoms with E-state index in [-0.39, 0.29) is 5.97 Å². The topological polar surface area (TPSA) is 67.6 Å². The second kappa shape index (κ2) is 8.19. The third-order valence-electron chi connectivity index (χ3n) is 3.64. The van der Waals surface area contributed by atoms with E-state index in [9.17, 15) is 4.79 Å². The first kappa shape index (κ1) is 16.8. The molecule has 0 aliphatic rings. The summed E-state index contributed by atoms with van der Waals surface area (Å²) in [6.45, 7) is 1.62. The molecular weight excluding hydrogens is 290 g/mol. The highest BCUT2D eigenvalue weighted by Crippen LogP contribution is 2.33. The quantitative estimate of drug-likeness (QED) is 0.467. The predicted molar refractivity (Wildman–Crippen MR) is 94.2 cm³/mol. The first-order valence-electron chi connectivity index (χ1n) is 7.63. The van der Waals surface area contributed by atoms with Crippen molar-refractivity contribution in [3.63, 3.8) is 0 Å². The monoisotopic (exact) mass is 313 g/mol. The number of ether oxygens (including phenoxy) is 1. The van der Waals surface area contributed by atoms with E-state index in [1.54, 1.807) is 6.07 Å². The van der Waals surface area contributed by atoms with Crippen molar-refractivity contribution in [3.05, 3.63) is 54.1 Å². The molecule has 0 amide bonds. The first-order valence-corrected chi connectivity index (χ1v) is 7.63. The van der Waals surface area contributed by atoms with E-state index in [4.69, 9.17) is 10.5 Å². The van der Waals surface area contributed by atoms with Crippen LogP contribution in [-0.2, 0) is 4.74 Å². The second-order valence-electron chi connectivity index (χ2n) is 5.18. The zero-order valence-corrected chi connectivity index (χ0v) is 13.6. The van der Waals surface area contributed by atoms with Gasteiger partial charge in [-0.25, -0.2) is 4.79 Å². The van der Waals surface area contributed by atoms with Gasteiger partial charge in [-0.2, -0.15) is 0 Å². The molecule has 0 aromatic heterocycles. The number of methoxy groups -OCH3 is 1. The highest BCUT2D eigenvalue weighted by molar-refractivity contribution is 5.97. The van der Waals surface area contributed by atoms with E-state index in [2.05, 4.69) is 10.2 Å². The van der Waals surface area contributed by atoms with Crippen LogP contribution >= 0.6 is 0 Å². The van der Waals surface area contributed by atoms with Crippen molar-refractivity contribution in [2.24, 2.45) is 0 Å². The molecule has 122 valence electrons. The number of hydrogen-bond donors (Lipinski definition) is 2. The van der Waals surface area contributed by atoms with Gasteiger partial charge in [-0.05, 0) is 44.3 Å². The van der Waals surface area contributed by atoms with Gasteiger partial charge in [0.15, 0.2) is 0 Å². The molecule has 2 aromatic carbocycles.